The number of aryl methyl sites for hydroxylation is 1. The van der Waals surface area contributed by atoms with E-state index in [0.29, 0.717) is 16.9 Å². The number of nitrogens with one attached hydrogen (secondary N) is 2. The number of anilines is 2. The summed E-state index contributed by atoms with van der Waals surface area (Å²) >= 11 is 0. The minimum atomic E-state index is -0.526. The normalized spacial score (nSPS) is 16.8. The fourth-order valence-corrected chi connectivity index (χ4v) is 2.72. The maximum Gasteiger partial charge on any atom is 0.319 e. The van der Waals surface area contributed by atoms with Crippen molar-refractivity contribution in [2.24, 2.45) is 0 Å². The van der Waals surface area contributed by atoms with Gasteiger partial charge in [-0.2, -0.15) is 0 Å². The molecule has 1 aliphatic rings. The van der Waals surface area contributed by atoms with Gasteiger partial charge in [-0.05, 0) is 42.8 Å². The number of carbonyl (C=O) groups excluding carboxylic acids is 2. The summed E-state index contributed by atoms with van der Waals surface area (Å²) in [6, 6.07) is 9.19. The van der Waals surface area contributed by atoms with Gasteiger partial charge < -0.3 is 15.5 Å². The van der Waals surface area contributed by atoms with E-state index in [2.05, 4.69) is 10.6 Å². The van der Waals surface area contributed by atoms with Gasteiger partial charge in [0.25, 0.3) is 0 Å². The first-order valence-electron chi connectivity index (χ1n) is 7.82. The molecule has 3 rings (SSSR count). The summed E-state index contributed by atoms with van der Waals surface area (Å²) in [6.45, 7) is 1.88. The van der Waals surface area contributed by atoms with Crippen molar-refractivity contribution in [1.29, 1.82) is 0 Å². The first-order chi connectivity index (χ1) is 11.9. The second kappa shape index (κ2) is 6.88. The molecule has 1 saturated heterocycles. The fraction of sp³-hybridized carbons (Fsp3) is 0.222. The Labute approximate surface area is 143 Å². The average Bonchev–Trinajstić information content (AvgIpc) is 2.91. The number of amides is 3. The topological polar surface area (TPSA) is 61.4 Å². The van der Waals surface area contributed by atoms with Gasteiger partial charge in [0.1, 0.15) is 11.6 Å². The van der Waals surface area contributed by atoms with Crippen molar-refractivity contribution in [2.75, 3.05) is 16.8 Å². The number of urea groups is 1. The van der Waals surface area contributed by atoms with Gasteiger partial charge >= 0.3 is 6.03 Å². The van der Waals surface area contributed by atoms with Crippen LogP contribution in [0.2, 0.25) is 0 Å². The summed E-state index contributed by atoms with van der Waals surface area (Å²) < 4.78 is 26.8. The Morgan fingerprint density at radius 3 is 2.72 bits per heavy atom. The predicted molar refractivity (Wildman–Crippen MR) is 90.4 cm³/mol. The van der Waals surface area contributed by atoms with Crippen molar-refractivity contribution >= 4 is 23.3 Å². The zero-order chi connectivity index (χ0) is 18.0. The summed E-state index contributed by atoms with van der Waals surface area (Å²) in [4.78, 5) is 25.6. The van der Waals surface area contributed by atoms with Crippen LogP contribution in [0.1, 0.15) is 12.0 Å². The van der Waals surface area contributed by atoms with Crippen LogP contribution in [0.4, 0.5) is 25.0 Å². The molecule has 130 valence electrons. The standard InChI is InChI=1S/C18H17F2N3O2/c1-11-5-6-13(8-16(11)20)21-18(25)22-14-9-17(24)23(10-14)15-4-2-3-12(19)7-15/h2-8,14H,9-10H2,1H3,(H2,21,22,25)/t14-/m1/s1. The van der Waals surface area contributed by atoms with Crippen LogP contribution in [0.25, 0.3) is 0 Å². The van der Waals surface area contributed by atoms with E-state index in [9.17, 15) is 18.4 Å². The van der Waals surface area contributed by atoms with Crippen LogP contribution in [-0.2, 0) is 4.79 Å². The zero-order valence-electron chi connectivity index (χ0n) is 13.6. The lowest BCUT2D eigenvalue weighted by Crippen LogP contribution is -2.39. The smallest absolute Gasteiger partial charge is 0.319 e. The molecule has 0 bridgehead atoms. The highest BCUT2D eigenvalue weighted by atomic mass is 19.1. The van der Waals surface area contributed by atoms with E-state index in [0.717, 1.165) is 0 Å². The van der Waals surface area contributed by atoms with Crippen molar-refractivity contribution in [1.82, 2.24) is 5.32 Å². The molecule has 7 heteroatoms. The number of nitrogens with zero attached hydrogens (tertiary/aromatic N) is 1. The molecule has 1 heterocycles. The van der Waals surface area contributed by atoms with Crippen LogP contribution in [0, 0.1) is 18.6 Å². The molecule has 2 aromatic carbocycles. The highest BCUT2D eigenvalue weighted by Crippen LogP contribution is 2.22. The summed E-state index contributed by atoms with van der Waals surface area (Å²) in [7, 11) is 0. The highest BCUT2D eigenvalue weighted by Gasteiger charge is 2.31. The molecule has 1 atom stereocenters. The molecule has 2 N–H and O–H groups in total. The van der Waals surface area contributed by atoms with Crippen LogP contribution in [0.5, 0.6) is 0 Å². The van der Waals surface area contributed by atoms with Crippen LogP contribution >= 0.6 is 0 Å². The molecular weight excluding hydrogens is 328 g/mol. The number of hydrogen-bond acceptors (Lipinski definition) is 2. The van der Waals surface area contributed by atoms with Crippen LogP contribution < -0.4 is 15.5 Å². The molecule has 1 aliphatic heterocycles. The van der Waals surface area contributed by atoms with Crippen molar-refractivity contribution < 1.29 is 18.4 Å². The van der Waals surface area contributed by atoms with E-state index < -0.39 is 23.7 Å². The zero-order valence-corrected chi connectivity index (χ0v) is 13.6. The molecule has 0 aliphatic carbocycles. The Bertz CT molecular complexity index is 826. The monoisotopic (exact) mass is 345 g/mol. The lowest BCUT2D eigenvalue weighted by Gasteiger charge is -2.17. The Balaban J connectivity index is 1.61. The molecule has 5 nitrogen and oxygen atoms in total. The molecule has 0 aromatic heterocycles. The number of benzene rings is 2. The van der Waals surface area contributed by atoms with Crippen LogP contribution in [0.15, 0.2) is 42.5 Å². The van der Waals surface area contributed by atoms with Gasteiger partial charge in [0.2, 0.25) is 5.91 Å². The summed E-state index contributed by atoms with van der Waals surface area (Å²) in [6.07, 6.45) is 0.117. The van der Waals surface area contributed by atoms with E-state index in [4.69, 9.17) is 0 Å². The van der Waals surface area contributed by atoms with Gasteiger partial charge in [0, 0.05) is 24.3 Å². The summed E-state index contributed by atoms with van der Waals surface area (Å²) in [5.74, 6) is -1.04. The molecule has 25 heavy (non-hydrogen) atoms. The average molecular weight is 345 g/mol. The highest BCUT2D eigenvalue weighted by molar-refractivity contribution is 5.97. The Morgan fingerprint density at radius 2 is 2.00 bits per heavy atom. The van der Waals surface area contributed by atoms with Gasteiger partial charge in [-0.3, -0.25) is 4.79 Å². The minimum Gasteiger partial charge on any atom is -0.333 e. The predicted octanol–water partition coefficient (Wildman–Crippen LogP) is 3.20. The van der Waals surface area contributed by atoms with Gasteiger partial charge in [-0.15, -0.1) is 0 Å². The quantitative estimate of drug-likeness (QED) is 0.897. The van der Waals surface area contributed by atoms with Crippen LogP contribution in [-0.4, -0.2) is 24.5 Å². The van der Waals surface area contributed by atoms with Crippen LogP contribution in [0.3, 0.4) is 0 Å². The second-order valence-corrected chi connectivity index (χ2v) is 5.95. The maximum atomic E-state index is 13.5. The van der Waals surface area contributed by atoms with Gasteiger partial charge in [0.05, 0.1) is 6.04 Å². The van der Waals surface area contributed by atoms with E-state index in [1.54, 1.807) is 25.1 Å². The van der Waals surface area contributed by atoms with Crippen molar-refractivity contribution in [3.63, 3.8) is 0 Å². The molecule has 0 radical (unpaired) electrons. The number of halogens is 2. The van der Waals surface area contributed by atoms with E-state index >= 15 is 0 Å². The minimum absolute atomic E-state index is 0.117. The summed E-state index contributed by atoms with van der Waals surface area (Å²) in [5, 5.41) is 5.21. The summed E-state index contributed by atoms with van der Waals surface area (Å²) in [5.41, 5.74) is 1.26. The molecule has 0 unspecified atom stereocenters. The Morgan fingerprint density at radius 1 is 1.20 bits per heavy atom. The maximum absolute atomic E-state index is 13.5. The van der Waals surface area contributed by atoms with Gasteiger partial charge in [-0.1, -0.05) is 12.1 Å². The van der Waals surface area contributed by atoms with E-state index in [-0.39, 0.29) is 18.9 Å². The molecular formula is C18H17F2N3O2. The van der Waals surface area contributed by atoms with Crippen molar-refractivity contribution in [3.8, 4) is 0 Å². The number of rotatable bonds is 3. The van der Waals surface area contributed by atoms with Gasteiger partial charge in [-0.25, -0.2) is 13.6 Å². The fourth-order valence-electron chi connectivity index (χ4n) is 2.72. The first kappa shape index (κ1) is 16.9. The third kappa shape index (κ3) is 3.93. The lowest BCUT2D eigenvalue weighted by atomic mass is 10.2. The largest absolute Gasteiger partial charge is 0.333 e. The Kier molecular flexibility index (Phi) is 4.65. The number of carbonyl (C=O) groups is 2. The number of hydrogen-bond donors (Lipinski definition) is 2. The molecule has 0 saturated carbocycles. The lowest BCUT2D eigenvalue weighted by molar-refractivity contribution is -0.117. The molecule has 0 spiro atoms. The van der Waals surface area contributed by atoms with Gasteiger partial charge in [0.15, 0.2) is 0 Å². The first-order valence-corrected chi connectivity index (χ1v) is 7.82. The second-order valence-electron chi connectivity index (χ2n) is 5.95. The molecule has 2 aromatic rings. The third-order valence-corrected chi connectivity index (χ3v) is 4.01. The molecule has 1 fully saturated rings. The molecule has 3 amide bonds. The van der Waals surface area contributed by atoms with E-state index in [1.807, 2.05) is 0 Å². The third-order valence-electron chi connectivity index (χ3n) is 4.01. The van der Waals surface area contributed by atoms with Crippen molar-refractivity contribution in [2.45, 2.75) is 19.4 Å². The van der Waals surface area contributed by atoms with Crippen molar-refractivity contribution in [3.05, 3.63) is 59.7 Å². The Hall–Kier alpha value is -2.96. The van der Waals surface area contributed by atoms with E-state index in [1.165, 1.54) is 29.2 Å². The SMILES string of the molecule is Cc1ccc(NC(=O)N[C@@H]2CC(=O)N(c3cccc(F)c3)C2)cc1F.